The zero-order valence-electron chi connectivity index (χ0n) is 9.16. The molecule has 1 N–H and O–H groups in total. The largest absolute Gasteiger partial charge is 0.449 e. The van der Waals surface area contributed by atoms with Crippen molar-refractivity contribution in [3.05, 3.63) is 17.8 Å². The van der Waals surface area contributed by atoms with Gasteiger partial charge in [-0.05, 0) is 26.3 Å². The molecule has 0 saturated carbocycles. The maximum Gasteiger partial charge on any atom is 0.196 e. The third kappa shape index (κ3) is 3.04. The minimum atomic E-state index is 0.305. The summed E-state index contributed by atoms with van der Waals surface area (Å²) in [5.74, 6) is 0.798. The van der Waals surface area contributed by atoms with E-state index in [0.717, 1.165) is 37.6 Å². The summed E-state index contributed by atoms with van der Waals surface area (Å²) in [6, 6.07) is 0. The SMILES string of the molecule is CNCc1coc(CC2CCCCO2)n1. The van der Waals surface area contributed by atoms with Crippen molar-refractivity contribution in [3.63, 3.8) is 0 Å². The van der Waals surface area contributed by atoms with Crippen molar-refractivity contribution >= 4 is 0 Å². The fourth-order valence-electron chi connectivity index (χ4n) is 1.87. The zero-order chi connectivity index (χ0) is 10.5. The molecule has 0 radical (unpaired) electrons. The minimum Gasteiger partial charge on any atom is -0.449 e. The molecule has 1 unspecified atom stereocenters. The van der Waals surface area contributed by atoms with E-state index in [0.29, 0.717) is 6.10 Å². The lowest BCUT2D eigenvalue weighted by Gasteiger charge is -2.20. The smallest absolute Gasteiger partial charge is 0.196 e. The molecule has 4 heteroatoms. The van der Waals surface area contributed by atoms with Gasteiger partial charge in [0.2, 0.25) is 0 Å². The van der Waals surface area contributed by atoms with Gasteiger partial charge in [-0.15, -0.1) is 0 Å². The lowest BCUT2D eigenvalue weighted by atomic mass is 10.1. The summed E-state index contributed by atoms with van der Waals surface area (Å²) in [5, 5.41) is 3.05. The molecule has 1 aromatic heterocycles. The van der Waals surface area contributed by atoms with Crippen LogP contribution in [0, 0.1) is 0 Å². The van der Waals surface area contributed by atoms with Gasteiger partial charge in [0, 0.05) is 13.2 Å². The normalized spacial score (nSPS) is 21.8. The van der Waals surface area contributed by atoms with Crippen molar-refractivity contribution in [2.45, 2.75) is 38.3 Å². The van der Waals surface area contributed by atoms with Crippen LogP contribution in [0.2, 0.25) is 0 Å². The number of nitrogens with zero attached hydrogens (tertiary/aromatic N) is 1. The number of aromatic nitrogens is 1. The van der Waals surface area contributed by atoms with Gasteiger partial charge in [0.1, 0.15) is 6.26 Å². The maximum atomic E-state index is 5.64. The van der Waals surface area contributed by atoms with Crippen molar-refractivity contribution < 1.29 is 9.15 Å². The summed E-state index contributed by atoms with van der Waals surface area (Å²) in [5.41, 5.74) is 0.961. The highest BCUT2D eigenvalue weighted by atomic mass is 16.5. The molecule has 0 bridgehead atoms. The first kappa shape index (κ1) is 10.6. The van der Waals surface area contributed by atoms with Crippen LogP contribution in [0.1, 0.15) is 30.8 Å². The van der Waals surface area contributed by atoms with E-state index in [1.165, 1.54) is 12.8 Å². The summed E-state index contributed by atoms with van der Waals surface area (Å²) in [6.45, 7) is 1.64. The van der Waals surface area contributed by atoms with E-state index < -0.39 is 0 Å². The van der Waals surface area contributed by atoms with Crippen molar-refractivity contribution in [1.82, 2.24) is 10.3 Å². The summed E-state index contributed by atoms with van der Waals surface area (Å²) in [7, 11) is 1.90. The second-order valence-corrected chi connectivity index (χ2v) is 3.96. The van der Waals surface area contributed by atoms with Gasteiger partial charge >= 0.3 is 0 Å². The molecule has 2 rings (SSSR count). The fraction of sp³-hybridized carbons (Fsp3) is 0.727. The Morgan fingerprint density at radius 2 is 2.47 bits per heavy atom. The molecule has 1 saturated heterocycles. The predicted octanol–water partition coefficient (Wildman–Crippen LogP) is 1.51. The summed E-state index contributed by atoms with van der Waals surface area (Å²) < 4.78 is 11.0. The molecule has 1 fully saturated rings. The minimum absolute atomic E-state index is 0.305. The van der Waals surface area contributed by atoms with E-state index >= 15 is 0 Å². The van der Waals surface area contributed by atoms with Gasteiger partial charge in [-0.3, -0.25) is 0 Å². The Kier molecular flexibility index (Phi) is 3.75. The average molecular weight is 210 g/mol. The summed E-state index contributed by atoms with van der Waals surface area (Å²) >= 11 is 0. The van der Waals surface area contributed by atoms with Gasteiger partial charge in [0.05, 0.1) is 18.2 Å². The average Bonchev–Trinajstić information content (AvgIpc) is 2.68. The Balaban J connectivity index is 1.86. The van der Waals surface area contributed by atoms with E-state index in [2.05, 4.69) is 10.3 Å². The molecule has 1 aromatic rings. The van der Waals surface area contributed by atoms with E-state index in [1.807, 2.05) is 7.05 Å². The Hall–Kier alpha value is -0.870. The van der Waals surface area contributed by atoms with Gasteiger partial charge in [-0.1, -0.05) is 0 Å². The van der Waals surface area contributed by atoms with Crippen LogP contribution < -0.4 is 5.32 Å². The van der Waals surface area contributed by atoms with Crippen molar-refractivity contribution in [2.75, 3.05) is 13.7 Å². The van der Waals surface area contributed by atoms with Gasteiger partial charge in [-0.2, -0.15) is 0 Å². The third-order valence-corrected chi connectivity index (χ3v) is 2.63. The van der Waals surface area contributed by atoms with Crippen LogP contribution in [0.25, 0.3) is 0 Å². The Morgan fingerprint density at radius 3 is 3.20 bits per heavy atom. The van der Waals surface area contributed by atoms with E-state index in [4.69, 9.17) is 9.15 Å². The molecular formula is C11H18N2O2. The van der Waals surface area contributed by atoms with Gasteiger partial charge in [0.25, 0.3) is 0 Å². The van der Waals surface area contributed by atoms with Crippen LogP contribution in [-0.4, -0.2) is 24.7 Å². The molecule has 84 valence electrons. The van der Waals surface area contributed by atoms with Gasteiger partial charge in [0.15, 0.2) is 5.89 Å². The number of nitrogens with one attached hydrogen (secondary N) is 1. The molecular weight excluding hydrogens is 192 g/mol. The number of ether oxygens (including phenoxy) is 1. The predicted molar refractivity (Wildman–Crippen MR) is 56.6 cm³/mol. The molecule has 1 aliphatic rings. The molecule has 2 heterocycles. The molecule has 0 amide bonds. The second-order valence-electron chi connectivity index (χ2n) is 3.96. The molecule has 4 nitrogen and oxygen atoms in total. The van der Waals surface area contributed by atoms with E-state index in [9.17, 15) is 0 Å². The number of hydrogen-bond acceptors (Lipinski definition) is 4. The molecule has 0 aromatic carbocycles. The van der Waals surface area contributed by atoms with Gasteiger partial charge in [-0.25, -0.2) is 4.98 Å². The van der Waals surface area contributed by atoms with Crippen LogP contribution in [0.4, 0.5) is 0 Å². The number of hydrogen-bond donors (Lipinski definition) is 1. The van der Waals surface area contributed by atoms with E-state index in [-0.39, 0.29) is 0 Å². The van der Waals surface area contributed by atoms with Crippen LogP contribution in [-0.2, 0) is 17.7 Å². The first-order valence-electron chi connectivity index (χ1n) is 5.58. The van der Waals surface area contributed by atoms with Crippen LogP contribution in [0.3, 0.4) is 0 Å². The molecule has 1 aliphatic heterocycles. The second kappa shape index (κ2) is 5.28. The highest BCUT2D eigenvalue weighted by Crippen LogP contribution is 2.16. The van der Waals surface area contributed by atoms with Crippen molar-refractivity contribution in [2.24, 2.45) is 0 Å². The molecule has 1 atom stereocenters. The number of rotatable bonds is 4. The Morgan fingerprint density at radius 1 is 1.53 bits per heavy atom. The highest BCUT2D eigenvalue weighted by molar-refractivity contribution is 4.97. The lowest BCUT2D eigenvalue weighted by molar-refractivity contribution is 0.0132. The van der Waals surface area contributed by atoms with Crippen molar-refractivity contribution in [1.29, 1.82) is 0 Å². The first-order valence-corrected chi connectivity index (χ1v) is 5.58. The van der Waals surface area contributed by atoms with Gasteiger partial charge < -0.3 is 14.5 Å². The number of oxazole rings is 1. The topological polar surface area (TPSA) is 47.3 Å². The highest BCUT2D eigenvalue weighted by Gasteiger charge is 2.16. The summed E-state index contributed by atoms with van der Waals surface area (Å²) in [4.78, 5) is 4.38. The molecule has 0 spiro atoms. The third-order valence-electron chi connectivity index (χ3n) is 2.63. The fourth-order valence-corrected chi connectivity index (χ4v) is 1.87. The summed E-state index contributed by atoms with van der Waals surface area (Å²) in [6.07, 6.45) is 6.41. The quantitative estimate of drug-likeness (QED) is 0.818. The van der Waals surface area contributed by atoms with Crippen LogP contribution in [0.15, 0.2) is 10.7 Å². The molecule has 0 aliphatic carbocycles. The molecule has 15 heavy (non-hydrogen) atoms. The zero-order valence-corrected chi connectivity index (χ0v) is 9.16. The monoisotopic (exact) mass is 210 g/mol. The van der Waals surface area contributed by atoms with E-state index in [1.54, 1.807) is 6.26 Å². The first-order chi connectivity index (χ1) is 7.38. The van der Waals surface area contributed by atoms with Crippen molar-refractivity contribution in [3.8, 4) is 0 Å². The van der Waals surface area contributed by atoms with Crippen LogP contribution >= 0.6 is 0 Å². The maximum absolute atomic E-state index is 5.64. The Labute approximate surface area is 90.0 Å². The Bertz CT molecular complexity index is 293. The lowest BCUT2D eigenvalue weighted by Crippen LogP contribution is -2.21. The van der Waals surface area contributed by atoms with Crippen LogP contribution in [0.5, 0.6) is 0 Å². The standard InChI is InChI=1S/C11H18N2O2/c1-12-7-9-8-15-11(13-9)6-10-4-2-3-5-14-10/h8,10,12H,2-7H2,1H3.